The van der Waals surface area contributed by atoms with Crippen LogP contribution in [0.2, 0.25) is 5.28 Å². The van der Waals surface area contributed by atoms with E-state index >= 15 is 0 Å². The van der Waals surface area contributed by atoms with Crippen molar-refractivity contribution in [3.05, 3.63) is 17.2 Å². The SMILES string of the molecule is Cc1nc(Cl)nc2cn[nH]c12. The molecule has 0 fully saturated rings. The first kappa shape index (κ1) is 6.54. The molecule has 0 spiro atoms. The minimum atomic E-state index is 0.261. The van der Waals surface area contributed by atoms with Crippen LogP contribution in [0.25, 0.3) is 11.0 Å². The summed E-state index contributed by atoms with van der Waals surface area (Å²) in [6.45, 7) is 1.86. The van der Waals surface area contributed by atoms with Gasteiger partial charge in [-0.05, 0) is 18.5 Å². The van der Waals surface area contributed by atoms with Gasteiger partial charge in [0.05, 0.1) is 11.9 Å². The molecule has 0 bridgehead atoms. The third-order valence-corrected chi connectivity index (χ3v) is 1.62. The van der Waals surface area contributed by atoms with Gasteiger partial charge in [0.25, 0.3) is 0 Å². The van der Waals surface area contributed by atoms with Crippen LogP contribution < -0.4 is 0 Å². The number of rotatable bonds is 0. The lowest BCUT2D eigenvalue weighted by Crippen LogP contribution is -1.87. The molecule has 56 valence electrons. The van der Waals surface area contributed by atoms with Gasteiger partial charge in [-0.2, -0.15) is 5.10 Å². The number of aryl methyl sites for hydroxylation is 1. The number of nitrogens with one attached hydrogen (secondary N) is 1. The van der Waals surface area contributed by atoms with E-state index in [1.807, 2.05) is 6.92 Å². The number of halogens is 1. The summed E-state index contributed by atoms with van der Waals surface area (Å²) in [5.74, 6) is 0. The van der Waals surface area contributed by atoms with Crippen LogP contribution in [0, 0.1) is 6.92 Å². The van der Waals surface area contributed by atoms with Crippen molar-refractivity contribution in [2.24, 2.45) is 0 Å². The minimum absolute atomic E-state index is 0.261. The third kappa shape index (κ3) is 0.952. The monoisotopic (exact) mass is 168 g/mol. The van der Waals surface area contributed by atoms with Crippen molar-refractivity contribution in [2.45, 2.75) is 6.92 Å². The summed E-state index contributed by atoms with van der Waals surface area (Å²) < 4.78 is 0. The average Bonchev–Trinajstić information content (AvgIpc) is 2.34. The van der Waals surface area contributed by atoms with Crippen molar-refractivity contribution >= 4 is 22.6 Å². The molecule has 0 aliphatic heterocycles. The molecule has 0 aromatic carbocycles. The molecule has 0 saturated heterocycles. The van der Waals surface area contributed by atoms with Gasteiger partial charge >= 0.3 is 0 Å². The molecule has 0 atom stereocenters. The molecule has 0 radical (unpaired) electrons. The van der Waals surface area contributed by atoms with Crippen LogP contribution in [0.3, 0.4) is 0 Å². The second-order valence-electron chi connectivity index (χ2n) is 2.21. The summed E-state index contributed by atoms with van der Waals surface area (Å²) in [5.41, 5.74) is 2.41. The van der Waals surface area contributed by atoms with E-state index in [4.69, 9.17) is 11.6 Å². The highest BCUT2D eigenvalue weighted by Gasteiger charge is 2.02. The Bertz CT molecular complexity index is 394. The highest BCUT2D eigenvalue weighted by Crippen LogP contribution is 2.12. The first-order chi connectivity index (χ1) is 5.27. The highest BCUT2D eigenvalue weighted by atomic mass is 35.5. The van der Waals surface area contributed by atoms with Crippen molar-refractivity contribution in [3.63, 3.8) is 0 Å². The molecule has 2 heterocycles. The zero-order valence-electron chi connectivity index (χ0n) is 5.80. The Balaban J connectivity index is 2.91. The lowest BCUT2D eigenvalue weighted by molar-refractivity contribution is 1.09. The fraction of sp³-hybridized carbons (Fsp3) is 0.167. The van der Waals surface area contributed by atoms with E-state index in [0.29, 0.717) is 0 Å². The number of fused-ring (bicyclic) bond motifs is 1. The van der Waals surface area contributed by atoms with Gasteiger partial charge in [0.15, 0.2) is 0 Å². The van der Waals surface area contributed by atoms with Crippen LogP contribution in [-0.4, -0.2) is 20.2 Å². The fourth-order valence-electron chi connectivity index (χ4n) is 0.949. The van der Waals surface area contributed by atoms with E-state index in [-0.39, 0.29) is 5.28 Å². The normalized spacial score (nSPS) is 10.7. The predicted octanol–water partition coefficient (Wildman–Crippen LogP) is 1.31. The van der Waals surface area contributed by atoms with Gasteiger partial charge < -0.3 is 0 Å². The van der Waals surface area contributed by atoms with Gasteiger partial charge in [0.1, 0.15) is 11.0 Å². The molecule has 0 saturated carbocycles. The Labute approximate surface area is 67.6 Å². The lowest BCUT2D eigenvalue weighted by Gasteiger charge is -1.93. The summed E-state index contributed by atoms with van der Waals surface area (Å²) >= 11 is 5.62. The number of hydrogen-bond donors (Lipinski definition) is 1. The first-order valence-electron chi connectivity index (χ1n) is 3.10. The molecule has 11 heavy (non-hydrogen) atoms. The lowest BCUT2D eigenvalue weighted by atomic mass is 10.4. The van der Waals surface area contributed by atoms with Crippen LogP contribution in [0.1, 0.15) is 5.69 Å². The smallest absolute Gasteiger partial charge is 0.223 e. The highest BCUT2D eigenvalue weighted by molar-refractivity contribution is 6.28. The Kier molecular flexibility index (Phi) is 1.29. The Morgan fingerprint density at radius 2 is 2.27 bits per heavy atom. The number of aromatic amines is 1. The summed E-state index contributed by atoms with van der Waals surface area (Å²) in [6, 6.07) is 0. The van der Waals surface area contributed by atoms with Crippen molar-refractivity contribution in [3.8, 4) is 0 Å². The van der Waals surface area contributed by atoms with Gasteiger partial charge in [-0.3, -0.25) is 5.10 Å². The van der Waals surface area contributed by atoms with Crippen LogP contribution in [0.15, 0.2) is 6.20 Å². The fourth-order valence-corrected chi connectivity index (χ4v) is 1.17. The van der Waals surface area contributed by atoms with Gasteiger partial charge in [0.2, 0.25) is 5.28 Å². The van der Waals surface area contributed by atoms with E-state index in [0.717, 1.165) is 16.7 Å². The standard InChI is InChI=1S/C6H5ClN4/c1-3-5-4(2-8-11-5)10-6(7)9-3/h2H,1H3,(H,8,11). The maximum Gasteiger partial charge on any atom is 0.223 e. The van der Waals surface area contributed by atoms with E-state index < -0.39 is 0 Å². The van der Waals surface area contributed by atoms with Crippen molar-refractivity contribution in [2.75, 3.05) is 0 Å². The maximum atomic E-state index is 5.62. The van der Waals surface area contributed by atoms with Crippen LogP contribution in [0.5, 0.6) is 0 Å². The van der Waals surface area contributed by atoms with Gasteiger partial charge in [-0.25, -0.2) is 9.97 Å². The Morgan fingerprint density at radius 3 is 3.09 bits per heavy atom. The second-order valence-corrected chi connectivity index (χ2v) is 2.55. The summed E-state index contributed by atoms with van der Waals surface area (Å²) in [5, 5.41) is 6.86. The summed E-state index contributed by atoms with van der Waals surface area (Å²) in [7, 11) is 0. The quantitative estimate of drug-likeness (QED) is 0.604. The average molecular weight is 169 g/mol. The largest absolute Gasteiger partial charge is 0.274 e. The molecular formula is C6H5ClN4. The van der Waals surface area contributed by atoms with E-state index in [1.165, 1.54) is 0 Å². The van der Waals surface area contributed by atoms with Crippen molar-refractivity contribution in [1.82, 2.24) is 20.2 Å². The molecule has 4 nitrogen and oxygen atoms in total. The molecule has 1 N–H and O–H groups in total. The molecule has 0 unspecified atom stereocenters. The van der Waals surface area contributed by atoms with E-state index in [1.54, 1.807) is 6.20 Å². The zero-order valence-corrected chi connectivity index (χ0v) is 6.55. The first-order valence-corrected chi connectivity index (χ1v) is 3.48. The van der Waals surface area contributed by atoms with Crippen molar-refractivity contribution in [1.29, 1.82) is 0 Å². The number of nitrogens with zero attached hydrogens (tertiary/aromatic N) is 3. The van der Waals surface area contributed by atoms with E-state index in [9.17, 15) is 0 Å². The van der Waals surface area contributed by atoms with Gasteiger partial charge in [-0.15, -0.1) is 0 Å². The van der Waals surface area contributed by atoms with Crippen LogP contribution in [0.4, 0.5) is 0 Å². The predicted molar refractivity (Wildman–Crippen MR) is 41.4 cm³/mol. The topological polar surface area (TPSA) is 54.5 Å². The molecule has 2 aromatic rings. The summed E-state index contributed by atoms with van der Waals surface area (Å²) in [4.78, 5) is 7.91. The van der Waals surface area contributed by atoms with E-state index in [2.05, 4.69) is 20.2 Å². The van der Waals surface area contributed by atoms with Gasteiger partial charge in [-0.1, -0.05) is 0 Å². The molecule has 0 aliphatic carbocycles. The molecular weight excluding hydrogens is 164 g/mol. The number of H-pyrrole nitrogens is 1. The third-order valence-electron chi connectivity index (χ3n) is 1.45. The number of aromatic nitrogens is 4. The number of hydrogen-bond acceptors (Lipinski definition) is 3. The minimum Gasteiger partial charge on any atom is -0.274 e. The zero-order chi connectivity index (χ0) is 7.84. The molecule has 5 heteroatoms. The van der Waals surface area contributed by atoms with Crippen molar-refractivity contribution < 1.29 is 0 Å². The van der Waals surface area contributed by atoms with Crippen LogP contribution in [-0.2, 0) is 0 Å². The molecule has 0 amide bonds. The van der Waals surface area contributed by atoms with Gasteiger partial charge in [0, 0.05) is 0 Å². The molecule has 0 aliphatic rings. The Morgan fingerprint density at radius 1 is 1.45 bits per heavy atom. The molecule has 2 rings (SSSR count). The van der Waals surface area contributed by atoms with Crippen LogP contribution >= 0.6 is 11.6 Å². The second kappa shape index (κ2) is 2.17. The Hall–Kier alpha value is -1.16. The summed E-state index contributed by atoms with van der Waals surface area (Å²) in [6.07, 6.45) is 1.62. The maximum absolute atomic E-state index is 5.62. The molecule has 2 aromatic heterocycles.